The number of nitrogens with zero attached hydrogens (tertiary/aromatic N) is 4. The molecule has 13 nitrogen and oxygen atoms in total. The van der Waals surface area contributed by atoms with Crippen LogP contribution < -0.4 is 38.6 Å². The molecule has 0 aliphatic heterocycles. The standard InChI is InChI=1S/C36H40N4O9S/c1-22-38-39-36(40(22)37-21-23-11-13-25(42-2)14-12-23)50-16-10-8-9-15-48-34-31(45-5)20-28-32(35(34)47-7)26(41)19-27(49-28)24-17-29(43-3)33(46-6)30(18-24)44-4/h11-14,17-21H,8-10,15-16H2,1-7H3. The number of benzene rings is 3. The second-order valence-corrected chi connectivity index (χ2v) is 11.9. The maximum Gasteiger partial charge on any atom is 0.212 e. The number of ether oxygens (including phenoxy) is 7. The largest absolute Gasteiger partial charge is 0.497 e. The molecular weight excluding hydrogens is 664 g/mol. The van der Waals surface area contributed by atoms with Crippen molar-refractivity contribution in [1.29, 1.82) is 0 Å². The van der Waals surface area contributed by atoms with Crippen molar-refractivity contribution in [2.75, 3.05) is 55.0 Å². The van der Waals surface area contributed by atoms with Crippen LogP contribution in [-0.2, 0) is 0 Å². The molecule has 0 N–H and O–H groups in total. The van der Waals surface area contributed by atoms with E-state index in [2.05, 4.69) is 15.3 Å². The molecule has 0 atom stereocenters. The zero-order valence-corrected chi connectivity index (χ0v) is 29.9. The highest BCUT2D eigenvalue weighted by Gasteiger charge is 2.23. The quantitative estimate of drug-likeness (QED) is 0.0583. The Hall–Kier alpha value is -5.37. The fraction of sp³-hybridized carbons (Fsp3) is 0.333. The number of fused-ring (bicyclic) bond motifs is 1. The first kappa shape index (κ1) is 35.9. The molecule has 5 aromatic rings. The third-order valence-electron chi connectivity index (χ3n) is 7.74. The van der Waals surface area contributed by atoms with Gasteiger partial charge in [-0.05, 0) is 68.1 Å². The lowest BCUT2D eigenvalue weighted by molar-refractivity contribution is 0.269. The summed E-state index contributed by atoms with van der Waals surface area (Å²) < 4.78 is 47.0. The number of unbranched alkanes of at least 4 members (excludes halogenated alkanes) is 2. The number of aromatic nitrogens is 3. The Labute approximate surface area is 294 Å². The molecule has 0 aliphatic rings. The number of methoxy groups -OCH3 is 6. The maximum absolute atomic E-state index is 13.5. The lowest BCUT2D eigenvalue weighted by Gasteiger charge is -2.17. The Bertz CT molecular complexity index is 1980. The van der Waals surface area contributed by atoms with Gasteiger partial charge in [0.25, 0.3) is 0 Å². The van der Waals surface area contributed by atoms with E-state index in [1.54, 1.807) is 48.0 Å². The van der Waals surface area contributed by atoms with Crippen LogP contribution in [0.15, 0.2) is 68.0 Å². The number of thioether (sulfide) groups is 1. The first-order valence-corrected chi connectivity index (χ1v) is 16.7. The molecule has 50 heavy (non-hydrogen) atoms. The predicted molar refractivity (Wildman–Crippen MR) is 191 cm³/mol. The summed E-state index contributed by atoms with van der Waals surface area (Å²) in [4.78, 5) is 13.5. The van der Waals surface area contributed by atoms with Crippen LogP contribution in [-0.4, -0.2) is 76.1 Å². The van der Waals surface area contributed by atoms with Crippen molar-refractivity contribution >= 4 is 28.9 Å². The summed E-state index contributed by atoms with van der Waals surface area (Å²) in [6, 6.07) is 14.1. The van der Waals surface area contributed by atoms with E-state index >= 15 is 0 Å². The molecule has 14 heteroatoms. The molecule has 0 amide bonds. The van der Waals surface area contributed by atoms with Crippen molar-refractivity contribution in [2.45, 2.75) is 31.3 Å². The zero-order chi connectivity index (χ0) is 35.6. The van der Waals surface area contributed by atoms with E-state index in [0.717, 1.165) is 41.5 Å². The molecule has 0 bridgehead atoms. The van der Waals surface area contributed by atoms with Gasteiger partial charge in [-0.15, -0.1) is 10.2 Å². The second-order valence-electron chi connectivity index (χ2n) is 10.8. The lowest BCUT2D eigenvalue weighted by atomic mass is 10.1. The number of rotatable bonds is 17. The average Bonchev–Trinajstić information content (AvgIpc) is 3.50. The topological polar surface area (TPSA) is 138 Å². The van der Waals surface area contributed by atoms with Crippen molar-refractivity contribution in [1.82, 2.24) is 14.9 Å². The van der Waals surface area contributed by atoms with Crippen LogP contribution in [0.5, 0.6) is 40.2 Å². The summed E-state index contributed by atoms with van der Waals surface area (Å²) >= 11 is 1.59. The van der Waals surface area contributed by atoms with E-state index in [1.807, 2.05) is 31.2 Å². The Morgan fingerprint density at radius 3 is 2.10 bits per heavy atom. The number of aryl methyl sites for hydroxylation is 1. The van der Waals surface area contributed by atoms with Gasteiger partial charge in [0.05, 0.1) is 55.5 Å². The third-order valence-corrected chi connectivity index (χ3v) is 8.75. The SMILES string of the molecule is COc1ccc(C=Nn2c(C)nnc2SCCCCCOc2c(OC)cc3oc(-c4cc(OC)c(OC)c(OC)c4)cc(=O)c3c2OC)cc1. The second kappa shape index (κ2) is 16.8. The van der Waals surface area contributed by atoms with Gasteiger partial charge in [-0.2, -0.15) is 9.78 Å². The molecule has 5 rings (SSSR count). The minimum absolute atomic E-state index is 0.241. The van der Waals surface area contributed by atoms with E-state index < -0.39 is 0 Å². The molecule has 2 aromatic heterocycles. The van der Waals surface area contributed by atoms with Gasteiger partial charge in [-0.3, -0.25) is 4.79 Å². The minimum Gasteiger partial charge on any atom is -0.497 e. The van der Waals surface area contributed by atoms with Crippen LogP contribution in [0.3, 0.4) is 0 Å². The molecule has 3 aromatic carbocycles. The van der Waals surface area contributed by atoms with Crippen molar-refractivity contribution in [3.05, 3.63) is 70.1 Å². The van der Waals surface area contributed by atoms with Crippen LogP contribution in [0.1, 0.15) is 30.7 Å². The van der Waals surface area contributed by atoms with E-state index in [-0.39, 0.29) is 22.1 Å². The minimum atomic E-state index is -0.312. The van der Waals surface area contributed by atoms with Crippen molar-refractivity contribution in [3.8, 4) is 51.6 Å². The Kier molecular flexibility index (Phi) is 12.1. The highest BCUT2D eigenvalue weighted by Crippen LogP contribution is 2.45. The molecule has 0 saturated heterocycles. The summed E-state index contributed by atoms with van der Waals surface area (Å²) in [7, 11) is 9.19. The third kappa shape index (κ3) is 7.91. The van der Waals surface area contributed by atoms with Gasteiger partial charge in [0.2, 0.25) is 16.7 Å². The summed E-state index contributed by atoms with van der Waals surface area (Å²) in [6.45, 7) is 2.26. The molecule has 0 saturated carbocycles. The predicted octanol–water partition coefficient (Wildman–Crippen LogP) is 6.64. The number of hydrogen-bond donors (Lipinski definition) is 0. The molecule has 0 spiro atoms. The molecule has 264 valence electrons. The van der Waals surface area contributed by atoms with Crippen LogP contribution >= 0.6 is 11.8 Å². The van der Waals surface area contributed by atoms with E-state index in [4.69, 9.17) is 37.6 Å². The van der Waals surface area contributed by atoms with Crippen molar-refractivity contribution < 1.29 is 37.6 Å². The van der Waals surface area contributed by atoms with E-state index in [9.17, 15) is 4.79 Å². The van der Waals surface area contributed by atoms with Crippen LogP contribution in [0.2, 0.25) is 0 Å². The summed E-state index contributed by atoms with van der Waals surface area (Å²) in [5.74, 6) is 4.85. The molecule has 0 radical (unpaired) electrons. The van der Waals surface area contributed by atoms with Gasteiger partial charge in [0, 0.05) is 23.4 Å². The van der Waals surface area contributed by atoms with Crippen LogP contribution in [0.4, 0.5) is 0 Å². The van der Waals surface area contributed by atoms with Gasteiger partial charge in [0.15, 0.2) is 34.3 Å². The maximum atomic E-state index is 13.5. The molecule has 0 fully saturated rings. The molecule has 0 unspecified atom stereocenters. The molecular formula is C36H40N4O9S. The van der Waals surface area contributed by atoms with Gasteiger partial charge in [-0.25, -0.2) is 0 Å². The normalized spacial score (nSPS) is 11.2. The van der Waals surface area contributed by atoms with Crippen LogP contribution in [0.25, 0.3) is 22.3 Å². The Morgan fingerprint density at radius 1 is 0.780 bits per heavy atom. The van der Waals surface area contributed by atoms with Crippen molar-refractivity contribution in [2.24, 2.45) is 5.10 Å². The smallest absolute Gasteiger partial charge is 0.212 e. The Balaban J connectivity index is 1.23. The van der Waals surface area contributed by atoms with Crippen LogP contribution in [0, 0.1) is 6.92 Å². The summed E-state index contributed by atoms with van der Waals surface area (Å²) in [5.41, 5.74) is 1.46. The van der Waals surface area contributed by atoms with E-state index in [1.165, 1.54) is 41.6 Å². The zero-order valence-electron chi connectivity index (χ0n) is 29.1. The summed E-state index contributed by atoms with van der Waals surface area (Å²) in [6.07, 6.45) is 4.35. The van der Waals surface area contributed by atoms with Gasteiger partial charge < -0.3 is 37.6 Å². The van der Waals surface area contributed by atoms with E-state index in [0.29, 0.717) is 52.5 Å². The first-order valence-electron chi connectivity index (χ1n) is 15.7. The average molecular weight is 705 g/mol. The molecule has 2 heterocycles. The van der Waals surface area contributed by atoms with Crippen molar-refractivity contribution in [3.63, 3.8) is 0 Å². The number of hydrogen-bond acceptors (Lipinski definition) is 13. The van der Waals surface area contributed by atoms with Gasteiger partial charge in [0.1, 0.15) is 22.5 Å². The van der Waals surface area contributed by atoms with Gasteiger partial charge >= 0.3 is 0 Å². The first-order chi connectivity index (χ1) is 24.3. The highest BCUT2D eigenvalue weighted by atomic mass is 32.2. The highest BCUT2D eigenvalue weighted by molar-refractivity contribution is 7.99. The molecule has 0 aliphatic carbocycles. The monoisotopic (exact) mass is 704 g/mol. The Morgan fingerprint density at radius 2 is 1.46 bits per heavy atom. The lowest BCUT2D eigenvalue weighted by Crippen LogP contribution is -2.07. The summed E-state index contributed by atoms with van der Waals surface area (Å²) in [5, 5.41) is 14.0. The fourth-order valence-electron chi connectivity index (χ4n) is 5.19. The van der Waals surface area contributed by atoms with Gasteiger partial charge in [-0.1, -0.05) is 11.8 Å². The fourth-order valence-corrected chi connectivity index (χ4v) is 6.12.